The summed E-state index contributed by atoms with van der Waals surface area (Å²) in [5, 5.41) is 11.9. The van der Waals surface area contributed by atoms with Gasteiger partial charge in [0.15, 0.2) is 21.6 Å². The maximum atomic E-state index is 11.6. The number of piperidine rings is 1. The van der Waals surface area contributed by atoms with Crippen molar-refractivity contribution >= 4 is 9.84 Å². The summed E-state index contributed by atoms with van der Waals surface area (Å²) in [4.78, 5) is 1.51. The number of furan rings is 1. The molecule has 124 valence electrons. The molecule has 0 amide bonds. The highest BCUT2D eigenvalue weighted by Gasteiger charge is 2.40. The second kappa shape index (κ2) is 6.70. The highest BCUT2D eigenvalue weighted by Crippen LogP contribution is 2.12. The summed E-state index contributed by atoms with van der Waals surface area (Å²) in [6.07, 6.45) is 4.69. The zero-order valence-electron chi connectivity index (χ0n) is 12.8. The van der Waals surface area contributed by atoms with E-state index in [1.807, 2.05) is 17.4 Å². The molecule has 6 nitrogen and oxygen atoms in total. The van der Waals surface area contributed by atoms with Gasteiger partial charge in [-0.15, -0.1) is 0 Å². The number of nitrogens with one attached hydrogen (secondary N) is 1. The van der Waals surface area contributed by atoms with E-state index in [1.165, 1.54) is 24.2 Å². The van der Waals surface area contributed by atoms with E-state index < -0.39 is 15.9 Å². The molecule has 2 saturated heterocycles. The fraction of sp³-hybridized carbons (Fsp3) is 0.733. The lowest BCUT2D eigenvalue weighted by molar-refractivity contribution is -0.951. The summed E-state index contributed by atoms with van der Waals surface area (Å²) in [5.74, 6) is 0.938. The number of aliphatic hydroxyl groups excluding tert-OH is 1. The van der Waals surface area contributed by atoms with Crippen molar-refractivity contribution in [2.75, 3.05) is 31.1 Å². The van der Waals surface area contributed by atoms with Crippen LogP contribution in [0.1, 0.15) is 31.1 Å². The van der Waals surface area contributed by atoms with Gasteiger partial charge in [0.1, 0.15) is 24.4 Å². The number of nitrogens with two attached hydrogens (primary N) is 1. The standard InChI is InChI=1S/C15H24N2O4S/c18-14-11-22(19,20)10-12(14)16-9-13(15-5-4-8-21-15)17-6-2-1-3-7-17/h4-5,8,12-14,16,18H,1-3,6-7,9-11H2/p+2/t12-,13-,14+/m1/s1. The lowest BCUT2D eigenvalue weighted by Crippen LogP contribution is -3.16. The zero-order valence-corrected chi connectivity index (χ0v) is 13.6. The van der Waals surface area contributed by atoms with Crippen molar-refractivity contribution in [2.45, 2.75) is 37.5 Å². The fourth-order valence-electron chi connectivity index (χ4n) is 3.72. The highest BCUT2D eigenvalue weighted by molar-refractivity contribution is 7.91. The van der Waals surface area contributed by atoms with Gasteiger partial charge in [0, 0.05) is 0 Å². The zero-order chi connectivity index (χ0) is 15.6. The predicted molar refractivity (Wildman–Crippen MR) is 81.2 cm³/mol. The van der Waals surface area contributed by atoms with Crippen molar-refractivity contribution in [3.05, 3.63) is 24.2 Å². The van der Waals surface area contributed by atoms with Crippen molar-refractivity contribution in [3.8, 4) is 0 Å². The van der Waals surface area contributed by atoms with E-state index >= 15 is 0 Å². The molecule has 0 saturated carbocycles. The minimum atomic E-state index is -3.08. The Morgan fingerprint density at radius 1 is 1.32 bits per heavy atom. The SMILES string of the molecule is O=S1(=O)C[C@H](O)[C@H]([NH2+]C[C@H](c2ccco2)[NH+]2CCCCC2)C1. The van der Waals surface area contributed by atoms with Crippen LogP contribution in [0, 0.1) is 0 Å². The maximum absolute atomic E-state index is 11.6. The molecule has 1 aromatic heterocycles. The number of quaternary nitrogens is 2. The summed E-state index contributed by atoms with van der Waals surface area (Å²) in [5.41, 5.74) is 0. The van der Waals surface area contributed by atoms with E-state index in [0.717, 1.165) is 25.4 Å². The average Bonchev–Trinajstić information content (AvgIpc) is 3.09. The summed E-state index contributed by atoms with van der Waals surface area (Å²) in [7, 11) is -3.08. The quantitative estimate of drug-likeness (QED) is 0.589. The Labute approximate surface area is 131 Å². The molecule has 2 aliphatic rings. The number of hydrogen-bond donors (Lipinski definition) is 3. The number of sulfone groups is 1. The number of hydrogen-bond acceptors (Lipinski definition) is 4. The Bertz CT molecular complexity index is 566. The van der Waals surface area contributed by atoms with Gasteiger partial charge in [-0.1, -0.05) is 0 Å². The van der Waals surface area contributed by atoms with Crippen LogP contribution in [0.15, 0.2) is 22.8 Å². The molecule has 4 N–H and O–H groups in total. The van der Waals surface area contributed by atoms with E-state index in [0.29, 0.717) is 0 Å². The van der Waals surface area contributed by atoms with Crippen LogP contribution in [-0.4, -0.2) is 56.8 Å². The largest absolute Gasteiger partial charge is 0.463 e. The normalized spacial score (nSPS) is 30.4. The molecule has 7 heteroatoms. The van der Waals surface area contributed by atoms with Crippen molar-refractivity contribution in [3.63, 3.8) is 0 Å². The predicted octanol–water partition coefficient (Wildman–Crippen LogP) is -1.89. The molecule has 1 aromatic rings. The van der Waals surface area contributed by atoms with Gasteiger partial charge in [-0.25, -0.2) is 8.42 Å². The smallest absolute Gasteiger partial charge is 0.195 e. The number of likely N-dealkylation sites (tertiary alicyclic amines) is 1. The maximum Gasteiger partial charge on any atom is 0.195 e. The minimum Gasteiger partial charge on any atom is -0.463 e. The van der Waals surface area contributed by atoms with E-state index in [1.54, 1.807) is 6.26 Å². The van der Waals surface area contributed by atoms with Crippen LogP contribution >= 0.6 is 0 Å². The minimum absolute atomic E-state index is 0.0778. The molecule has 0 spiro atoms. The first-order valence-electron chi connectivity index (χ1n) is 8.15. The first kappa shape index (κ1) is 16.0. The van der Waals surface area contributed by atoms with Gasteiger partial charge >= 0.3 is 0 Å². The van der Waals surface area contributed by atoms with Gasteiger partial charge in [-0.05, 0) is 31.4 Å². The molecule has 0 unspecified atom stereocenters. The summed E-state index contributed by atoms with van der Waals surface area (Å²) in [6.45, 7) is 3.01. The van der Waals surface area contributed by atoms with Gasteiger partial charge in [-0.2, -0.15) is 0 Å². The van der Waals surface area contributed by atoms with Crippen LogP contribution in [0.5, 0.6) is 0 Å². The van der Waals surface area contributed by atoms with Crippen LogP contribution in [0.25, 0.3) is 0 Å². The summed E-state index contributed by atoms with van der Waals surface area (Å²) >= 11 is 0. The summed E-state index contributed by atoms with van der Waals surface area (Å²) < 4.78 is 28.9. The van der Waals surface area contributed by atoms with Crippen LogP contribution in [0.2, 0.25) is 0 Å². The Morgan fingerprint density at radius 2 is 2.09 bits per heavy atom. The van der Waals surface area contributed by atoms with E-state index in [9.17, 15) is 13.5 Å². The first-order valence-corrected chi connectivity index (χ1v) is 9.97. The third kappa shape index (κ3) is 3.71. The molecule has 0 aromatic carbocycles. The molecule has 3 heterocycles. The number of rotatable bonds is 5. The van der Waals surface area contributed by atoms with Crippen molar-refractivity contribution in [1.82, 2.24) is 0 Å². The molecule has 3 atom stereocenters. The average molecular weight is 330 g/mol. The lowest BCUT2D eigenvalue weighted by atomic mass is 10.1. The first-order chi connectivity index (χ1) is 10.6. The van der Waals surface area contributed by atoms with Crippen LogP contribution < -0.4 is 10.2 Å². The Hall–Kier alpha value is -0.890. The Morgan fingerprint density at radius 3 is 2.68 bits per heavy atom. The van der Waals surface area contributed by atoms with Crippen molar-refractivity contribution in [1.29, 1.82) is 0 Å². The topological polar surface area (TPSA) is 88.6 Å². The summed E-state index contributed by atoms with van der Waals surface area (Å²) in [6, 6.07) is 3.89. The Balaban J connectivity index is 1.65. The second-order valence-electron chi connectivity index (χ2n) is 6.57. The van der Waals surface area contributed by atoms with Crippen LogP contribution in [0.3, 0.4) is 0 Å². The fourth-order valence-corrected chi connectivity index (χ4v) is 5.57. The van der Waals surface area contributed by atoms with Gasteiger partial charge in [0.25, 0.3) is 0 Å². The molecule has 0 bridgehead atoms. The monoisotopic (exact) mass is 330 g/mol. The molecular formula is C15H26N2O4S+2. The van der Waals surface area contributed by atoms with E-state index in [-0.39, 0.29) is 23.6 Å². The molecule has 0 aliphatic carbocycles. The molecule has 0 radical (unpaired) electrons. The van der Waals surface area contributed by atoms with E-state index in [2.05, 4.69) is 0 Å². The van der Waals surface area contributed by atoms with Gasteiger partial charge in [0.2, 0.25) is 0 Å². The van der Waals surface area contributed by atoms with Crippen LogP contribution in [-0.2, 0) is 9.84 Å². The molecule has 22 heavy (non-hydrogen) atoms. The highest BCUT2D eigenvalue weighted by atomic mass is 32.2. The second-order valence-corrected chi connectivity index (χ2v) is 8.72. The Kier molecular flexibility index (Phi) is 4.87. The van der Waals surface area contributed by atoms with Gasteiger partial charge in [-0.3, -0.25) is 0 Å². The molecule has 2 fully saturated rings. The lowest BCUT2D eigenvalue weighted by Gasteiger charge is -2.30. The molecule has 2 aliphatic heterocycles. The van der Waals surface area contributed by atoms with Gasteiger partial charge in [0.05, 0.1) is 25.1 Å². The van der Waals surface area contributed by atoms with Crippen molar-refractivity contribution in [2.24, 2.45) is 0 Å². The third-order valence-electron chi connectivity index (χ3n) is 4.92. The molecule has 3 rings (SSSR count). The third-order valence-corrected chi connectivity index (χ3v) is 6.66. The van der Waals surface area contributed by atoms with Gasteiger partial charge < -0.3 is 19.7 Å². The van der Waals surface area contributed by atoms with E-state index in [4.69, 9.17) is 4.42 Å². The number of aliphatic hydroxyl groups is 1. The van der Waals surface area contributed by atoms with Crippen molar-refractivity contribution < 1.29 is 28.2 Å². The molecular weight excluding hydrogens is 304 g/mol. The van der Waals surface area contributed by atoms with Crippen LogP contribution in [0.4, 0.5) is 0 Å².